The number of carbonyl (C=O) groups is 1. The maximum Gasteiger partial charge on any atom is 0.231 e. The van der Waals surface area contributed by atoms with Gasteiger partial charge in [-0.2, -0.15) is 0 Å². The van der Waals surface area contributed by atoms with Gasteiger partial charge in [0.25, 0.3) is 0 Å². The van der Waals surface area contributed by atoms with Crippen LogP contribution >= 0.6 is 0 Å². The fraction of sp³-hybridized carbons (Fsp3) is 0.524. The van der Waals surface area contributed by atoms with Gasteiger partial charge in [0, 0.05) is 31.9 Å². The minimum Gasteiger partial charge on any atom is -0.454 e. The lowest BCUT2D eigenvalue weighted by molar-refractivity contribution is -0.130. The highest BCUT2D eigenvalue weighted by molar-refractivity contribution is 5.76. The lowest BCUT2D eigenvalue weighted by Gasteiger charge is -2.35. The fourth-order valence-electron chi connectivity index (χ4n) is 4.90. The molecule has 3 heterocycles. The molecule has 1 aromatic heterocycles. The van der Waals surface area contributed by atoms with Crippen LogP contribution in [0.15, 0.2) is 36.9 Å². The number of aryl methyl sites for hydroxylation is 1. The number of aromatic nitrogens is 2. The molecule has 1 amide bonds. The number of hydrogen-bond donors (Lipinski definition) is 1. The predicted octanol–water partition coefficient (Wildman–Crippen LogP) is 2.01. The van der Waals surface area contributed by atoms with E-state index in [1.165, 1.54) is 0 Å². The topological polar surface area (TPSA) is 76.8 Å². The summed E-state index contributed by atoms with van der Waals surface area (Å²) < 4.78 is 12.8. The van der Waals surface area contributed by atoms with Crippen molar-refractivity contribution in [2.24, 2.45) is 11.8 Å². The molecule has 0 bridgehead atoms. The molecule has 2 fully saturated rings. The van der Waals surface area contributed by atoms with Crippen LogP contribution < -0.4 is 9.47 Å². The monoisotopic (exact) mass is 383 g/mol. The van der Waals surface area contributed by atoms with E-state index in [0.29, 0.717) is 24.7 Å². The third-order valence-electron chi connectivity index (χ3n) is 6.43. The number of hydrogen-bond acceptors (Lipinski definition) is 5. The molecular weight excluding hydrogens is 358 g/mol. The van der Waals surface area contributed by atoms with Gasteiger partial charge in [0.1, 0.15) is 0 Å². The molecule has 0 spiro atoms. The standard InChI is InChI=1S/C21H25N3O4/c25-18-9-16-11-24(10-15(16)8-17(18)23-6-5-22-12-23)21(26)4-2-14-1-3-19-20(7-14)28-13-27-19/h1,3,5-7,12,15-18,25H,2,4,8-11,13H2/t15-,16+,17-,18-/m1/s1. The van der Waals surface area contributed by atoms with Gasteiger partial charge in [-0.05, 0) is 48.8 Å². The molecule has 1 saturated carbocycles. The summed E-state index contributed by atoms with van der Waals surface area (Å²) in [4.78, 5) is 18.9. The van der Waals surface area contributed by atoms with Crippen LogP contribution in [0.4, 0.5) is 0 Å². The number of aliphatic hydroxyl groups is 1. The Bertz CT molecular complexity index is 853. The Morgan fingerprint density at radius 3 is 2.82 bits per heavy atom. The lowest BCUT2D eigenvalue weighted by atomic mass is 9.77. The molecule has 1 N–H and O–H groups in total. The summed E-state index contributed by atoms with van der Waals surface area (Å²) in [5.74, 6) is 2.57. The molecular formula is C21H25N3O4. The van der Waals surface area contributed by atoms with E-state index in [1.807, 2.05) is 33.9 Å². The third kappa shape index (κ3) is 3.24. The minimum atomic E-state index is -0.376. The second kappa shape index (κ2) is 7.13. The average molecular weight is 383 g/mol. The van der Waals surface area contributed by atoms with Crippen molar-refractivity contribution in [2.75, 3.05) is 19.9 Å². The molecule has 1 saturated heterocycles. The predicted molar refractivity (Wildman–Crippen MR) is 101 cm³/mol. The van der Waals surface area contributed by atoms with E-state index in [0.717, 1.165) is 43.0 Å². The molecule has 2 aliphatic heterocycles. The summed E-state index contributed by atoms with van der Waals surface area (Å²) in [5, 5.41) is 10.6. The van der Waals surface area contributed by atoms with Crippen LogP contribution in [0.3, 0.4) is 0 Å². The third-order valence-corrected chi connectivity index (χ3v) is 6.43. The van der Waals surface area contributed by atoms with Crippen LogP contribution in [0.1, 0.15) is 30.9 Å². The smallest absolute Gasteiger partial charge is 0.231 e. The number of fused-ring (bicyclic) bond motifs is 2. The number of carbonyl (C=O) groups excluding carboxylic acids is 1. The van der Waals surface area contributed by atoms with E-state index < -0.39 is 0 Å². The van der Waals surface area contributed by atoms with Gasteiger partial charge in [-0.3, -0.25) is 4.79 Å². The van der Waals surface area contributed by atoms with E-state index in [4.69, 9.17) is 9.47 Å². The van der Waals surface area contributed by atoms with Gasteiger partial charge in [-0.25, -0.2) is 4.98 Å². The van der Waals surface area contributed by atoms with Crippen LogP contribution in [0.25, 0.3) is 0 Å². The van der Waals surface area contributed by atoms with Gasteiger partial charge in [0.2, 0.25) is 12.7 Å². The molecule has 5 rings (SSSR count). The molecule has 2 aromatic rings. The van der Waals surface area contributed by atoms with E-state index in [9.17, 15) is 9.90 Å². The van der Waals surface area contributed by atoms with Crippen molar-refractivity contribution in [3.05, 3.63) is 42.5 Å². The Morgan fingerprint density at radius 2 is 2.00 bits per heavy atom. The first kappa shape index (κ1) is 17.6. The first-order valence-corrected chi connectivity index (χ1v) is 9.99. The van der Waals surface area contributed by atoms with Crippen LogP contribution in [0.5, 0.6) is 11.5 Å². The highest BCUT2D eigenvalue weighted by atomic mass is 16.7. The van der Waals surface area contributed by atoms with Crippen molar-refractivity contribution in [3.63, 3.8) is 0 Å². The van der Waals surface area contributed by atoms with Crippen LogP contribution in [-0.4, -0.2) is 51.5 Å². The largest absolute Gasteiger partial charge is 0.454 e. The van der Waals surface area contributed by atoms with Gasteiger partial charge >= 0.3 is 0 Å². The van der Waals surface area contributed by atoms with Crippen molar-refractivity contribution < 1.29 is 19.4 Å². The number of amides is 1. The highest BCUT2D eigenvalue weighted by Gasteiger charge is 2.43. The van der Waals surface area contributed by atoms with Gasteiger partial charge < -0.3 is 24.0 Å². The van der Waals surface area contributed by atoms with Gasteiger partial charge in [0.05, 0.1) is 18.5 Å². The van der Waals surface area contributed by atoms with Gasteiger partial charge in [-0.15, -0.1) is 0 Å². The van der Waals surface area contributed by atoms with Gasteiger partial charge in [0.15, 0.2) is 11.5 Å². The molecule has 7 nitrogen and oxygen atoms in total. The Hall–Kier alpha value is -2.54. The molecule has 1 aromatic carbocycles. The number of benzene rings is 1. The number of ether oxygens (including phenoxy) is 2. The van der Waals surface area contributed by atoms with Crippen molar-refractivity contribution in [3.8, 4) is 11.5 Å². The van der Waals surface area contributed by atoms with E-state index >= 15 is 0 Å². The first-order chi connectivity index (χ1) is 13.7. The number of aliphatic hydroxyl groups excluding tert-OH is 1. The fourth-order valence-corrected chi connectivity index (χ4v) is 4.90. The molecule has 0 unspecified atom stereocenters. The maximum atomic E-state index is 12.8. The number of rotatable bonds is 4. The molecule has 28 heavy (non-hydrogen) atoms. The zero-order valence-electron chi connectivity index (χ0n) is 15.7. The Labute approximate surface area is 163 Å². The Balaban J connectivity index is 1.18. The first-order valence-electron chi connectivity index (χ1n) is 9.99. The average Bonchev–Trinajstić information content (AvgIpc) is 3.44. The lowest BCUT2D eigenvalue weighted by Crippen LogP contribution is -2.35. The van der Waals surface area contributed by atoms with Crippen LogP contribution in [-0.2, 0) is 11.2 Å². The Morgan fingerprint density at radius 1 is 1.18 bits per heavy atom. The van der Waals surface area contributed by atoms with E-state index in [2.05, 4.69) is 4.98 Å². The SMILES string of the molecule is O=C(CCc1ccc2c(c1)OCO2)N1C[C@H]2C[C@@H](n3ccnc3)[C@H](O)C[C@H]2C1. The van der Waals surface area contributed by atoms with Crippen molar-refractivity contribution in [1.82, 2.24) is 14.5 Å². The maximum absolute atomic E-state index is 12.8. The molecule has 7 heteroatoms. The van der Waals surface area contributed by atoms with Crippen LogP contribution in [0, 0.1) is 11.8 Å². The zero-order valence-corrected chi connectivity index (χ0v) is 15.7. The highest BCUT2D eigenvalue weighted by Crippen LogP contribution is 2.41. The molecule has 3 aliphatic rings. The second-order valence-corrected chi connectivity index (χ2v) is 8.12. The normalized spacial score (nSPS) is 28.4. The van der Waals surface area contributed by atoms with Gasteiger partial charge in [-0.1, -0.05) is 6.07 Å². The summed E-state index contributed by atoms with van der Waals surface area (Å²) >= 11 is 0. The minimum absolute atomic E-state index is 0.0624. The summed E-state index contributed by atoms with van der Waals surface area (Å²) in [6.07, 6.45) is 7.90. The summed E-state index contributed by atoms with van der Waals surface area (Å²) in [6.45, 7) is 1.82. The van der Waals surface area contributed by atoms with Crippen molar-refractivity contribution in [1.29, 1.82) is 0 Å². The number of nitrogens with zero attached hydrogens (tertiary/aromatic N) is 3. The van der Waals surface area contributed by atoms with E-state index in [-0.39, 0.29) is 24.8 Å². The van der Waals surface area contributed by atoms with E-state index in [1.54, 1.807) is 12.5 Å². The molecule has 0 radical (unpaired) electrons. The summed E-state index contributed by atoms with van der Waals surface area (Å²) in [5.41, 5.74) is 1.09. The number of likely N-dealkylation sites (tertiary alicyclic amines) is 1. The summed E-state index contributed by atoms with van der Waals surface area (Å²) in [6, 6.07) is 5.93. The second-order valence-electron chi connectivity index (χ2n) is 8.12. The molecule has 4 atom stereocenters. The van der Waals surface area contributed by atoms with Crippen molar-refractivity contribution in [2.45, 2.75) is 37.8 Å². The quantitative estimate of drug-likeness (QED) is 0.874. The Kier molecular flexibility index (Phi) is 4.47. The summed E-state index contributed by atoms with van der Waals surface area (Å²) in [7, 11) is 0. The zero-order chi connectivity index (χ0) is 19.1. The number of imidazole rings is 1. The molecule has 1 aliphatic carbocycles. The van der Waals surface area contributed by atoms with Crippen molar-refractivity contribution >= 4 is 5.91 Å². The van der Waals surface area contributed by atoms with Crippen LogP contribution in [0.2, 0.25) is 0 Å². The molecule has 148 valence electrons.